The first-order chi connectivity index (χ1) is 11.9. The van der Waals surface area contributed by atoms with E-state index in [0.29, 0.717) is 30.2 Å². The molecule has 0 aliphatic carbocycles. The summed E-state index contributed by atoms with van der Waals surface area (Å²) in [5, 5.41) is 8.76. The summed E-state index contributed by atoms with van der Waals surface area (Å²) in [6.45, 7) is 7.83. The maximum atomic E-state index is 12.6. The number of nitrogens with one attached hydrogen (secondary N) is 3. The van der Waals surface area contributed by atoms with Crippen molar-refractivity contribution in [3.05, 3.63) is 23.8 Å². The van der Waals surface area contributed by atoms with E-state index in [0.717, 1.165) is 6.54 Å². The van der Waals surface area contributed by atoms with Crippen molar-refractivity contribution in [3.63, 3.8) is 0 Å². The van der Waals surface area contributed by atoms with Gasteiger partial charge in [0.1, 0.15) is 17.5 Å². The third-order valence-electron chi connectivity index (χ3n) is 3.70. The fraction of sp³-hybridized carbons (Fsp3) is 0.556. The van der Waals surface area contributed by atoms with Gasteiger partial charge in [0.05, 0.1) is 14.2 Å². The van der Waals surface area contributed by atoms with Crippen LogP contribution in [0.25, 0.3) is 0 Å². The minimum Gasteiger partial charge on any atom is -0.497 e. The van der Waals surface area contributed by atoms with Gasteiger partial charge in [-0.25, -0.2) is 0 Å². The van der Waals surface area contributed by atoms with Gasteiger partial charge in [0, 0.05) is 24.7 Å². The highest BCUT2D eigenvalue weighted by Gasteiger charge is 2.24. The Labute approximate surface area is 149 Å². The average Bonchev–Trinajstić information content (AvgIpc) is 2.61. The molecule has 0 saturated heterocycles. The Balaban J connectivity index is 2.80. The van der Waals surface area contributed by atoms with E-state index in [1.807, 2.05) is 20.8 Å². The van der Waals surface area contributed by atoms with Gasteiger partial charge in [-0.05, 0) is 24.6 Å². The van der Waals surface area contributed by atoms with Crippen LogP contribution < -0.4 is 25.4 Å². The van der Waals surface area contributed by atoms with Crippen LogP contribution in [0.2, 0.25) is 0 Å². The van der Waals surface area contributed by atoms with Crippen LogP contribution in [0.3, 0.4) is 0 Å². The van der Waals surface area contributed by atoms with Crippen molar-refractivity contribution in [2.75, 3.05) is 33.9 Å². The topological polar surface area (TPSA) is 88.7 Å². The van der Waals surface area contributed by atoms with Gasteiger partial charge >= 0.3 is 0 Å². The maximum Gasteiger partial charge on any atom is 0.252 e. The molecule has 2 amide bonds. The van der Waals surface area contributed by atoms with Crippen LogP contribution >= 0.6 is 0 Å². The quantitative estimate of drug-likeness (QED) is 0.551. The molecule has 1 rings (SSSR count). The van der Waals surface area contributed by atoms with Crippen LogP contribution in [0.5, 0.6) is 11.5 Å². The predicted octanol–water partition coefficient (Wildman–Crippen LogP) is 1.18. The molecule has 1 aromatic rings. The van der Waals surface area contributed by atoms with Crippen LogP contribution in [0.15, 0.2) is 18.2 Å². The van der Waals surface area contributed by atoms with E-state index in [-0.39, 0.29) is 17.7 Å². The lowest BCUT2D eigenvalue weighted by Gasteiger charge is -2.22. The lowest BCUT2D eigenvalue weighted by Crippen LogP contribution is -2.50. The molecule has 7 nitrogen and oxygen atoms in total. The fourth-order valence-corrected chi connectivity index (χ4v) is 2.26. The Bertz CT molecular complexity index is 553. The average molecular weight is 351 g/mol. The zero-order valence-corrected chi connectivity index (χ0v) is 15.6. The molecule has 25 heavy (non-hydrogen) atoms. The van der Waals surface area contributed by atoms with Gasteiger partial charge in [0.2, 0.25) is 5.91 Å². The molecular formula is C18H29N3O4. The first-order valence-corrected chi connectivity index (χ1v) is 8.45. The van der Waals surface area contributed by atoms with E-state index < -0.39 is 6.04 Å². The zero-order valence-electron chi connectivity index (χ0n) is 15.6. The SMILES string of the molecule is CCNCCNC(=O)C(NC(=O)c1cc(OC)cc(OC)c1)C(C)C. The fourth-order valence-electron chi connectivity index (χ4n) is 2.26. The summed E-state index contributed by atoms with van der Waals surface area (Å²) in [5.41, 5.74) is 0.377. The highest BCUT2D eigenvalue weighted by atomic mass is 16.5. The van der Waals surface area contributed by atoms with Gasteiger partial charge in [-0.3, -0.25) is 9.59 Å². The molecule has 0 heterocycles. The molecular weight excluding hydrogens is 322 g/mol. The number of methoxy groups -OCH3 is 2. The molecule has 1 unspecified atom stereocenters. The van der Waals surface area contributed by atoms with E-state index >= 15 is 0 Å². The Morgan fingerprint density at radius 1 is 1.04 bits per heavy atom. The number of likely N-dealkylation sites (N-methyl/N-ethyl adjacent to an activating group) is 1. The number of ether oxygens (including phenoxy) is 2. The number of carbonyl (C=O) groups is 2. The highest BCUT2D eigenvalue weighted by Crippen LogP contribution is 2.22. The molecule has 3 N–H and O–H groups in total. The molecule has 0 aromatic heterocycles. The molecule has 7 heteroatoms. The lowest BCUT2D eigenvalue weighted by atomic mass is 10.0. The number of hydrogen-bond acceptors (Lipinski definition) is 5. The number of hydrogen-bond donors (Lipinski definition) is 3. The van der Waals surface area contributed by atoms with E-state index in [9.17, 15) is 9.59 Å². The minimum atomic E-state index is -0.619. The highest BCUT2D eigenvalue weighted by molar-refractivity contribution is 5.98. The molecule has 0 spiro atoms. The van der Waals surface area contributed by atoms with E-state index in [2.05, 4.69) is 16.0 Å². The van der Waals surface area contributed by atoms with Crippen molar-refractivity contribution in [2.24, 2.45) is 5.92 Å². The normalized spacial score (nSPS) is 11.8. The molecule has 1 atom stereocenters. The third-order valence-corrected chi connectivity index (χ3v) is 3.70. The monoisotopic (exact) mass is 351 g/mol. The van der Waals surface area contributed by atoms with Crippen LogP contribution in [-0.2, 0) is 4.79 Å². The molecule has 0 fully saturated rings. The number of benzene rings is 1. The second-order valence-corrected chi connectivity index (χ2v) is 5.94. The number of rotatable bonds is 10. The summed E-state index contributed by atoms with van der Waals surface area (Å²) in [6, 6.07) is 4.28. The zero-order chi connectivity index (χ0) is 18.8. The minimum absolute atomic E-state index is 0.0458. The molecule has 1 aromatic carbocycles. The molecule has 140 valence electrons. The summed E-state index contributed by atoms with van der Waals surface area (Å²) in [5.74, 6) is 0.436. The van der Waals surface area contributed by atoms with Gasteiger partial charge in [0.15, 0.2) is 0 Å². The molecule has 0 aliphatic heterocycles. The van der Waals surface area contributed by atoms with Crippen LogP contribution in [-0.4, -0.2) is 51.7 Å². The summed E-state index contributed by atoms with van der Waals surface area (Å²) < 4.78 is 10.4. The van der Waals surface area contributed by atoms with Gasteiger partial charge in [0.25, 0.3) is 5.91 Å². The second kappa shape index (κ2) is 10.6. The van der Waals surface area contributed by atoms with E-state index in [1.54, 1.807) is 18.2 Å². The van der Waals surface area contributed by atoms with Crippen LogP contribution in [0, 0.1) is 5.92 Å². The van der Waals surface area contributed by atoms with Crippen molar-refractivity contribution < 1.29 is 19.1 Å². The summed E-state index contributed by atoms with van der Waals surface area (Å²) in [4.78, 5) is 24.9. The second-order valence-electron chi connectivity index (χ2n) is 5.94. The molecule has 0 aliphatic rings. The smallest absolute Gasteiger partial charge is 0.252 e. The van der Waals surface area contributed by atoms with Crippen molar-refractivity contribution >= 4 is 11.8 Å². The van der Waals surface area contributed by atoms with Crippen molar-refractivity contribution in [1.82, 2.24) is 16.0 Å². The van der Waals surface area contributed by atoms with Gasteiger partial charge in [-0.2, -0.15) is 0 Å². The van der Waals surface area contributed by atoms with Crippen LogP contribution in [0.4, 0.5) is 0 Å². The molecule has 0 bridgehead atoms. The van der Waals surface area contributed by atoms with Gasteiger partial charge in [-0.15, -0.1) is 0 Å². The Morgan fingerprint density at radius 2 is 1.64 bits per heavy atom. The van der Waals surface area contributed by atoms with Gasteiger partial charge in [-0.1, -0.05) is 20.8 Å². The van der Waals surface area contributed by atoms with E-state index in [4.69, 9.17) is 9.47 Å². The Hall–Kier alpha value is -2.28. The standard InChI is InChI=1S/C18H29N3O4/c1-6-19-7-8-20-18(23)16(12(2)3)21-17(22)13-9-14(24-4)11-15(10-13)25-5/h9-12,16,19H,6-8H2,1-5H3,(H,20,23)(H,21,22). The van der Waals surface area contributed by atoms with E-state index in [1.165, 1.54) is 14.2 Å². The number of carbonyl (C=O) groups excluding carboxylic acids is 2. The lowest BCUT2D eigenvalue weighted by molar-refractivity contribution is -0.123. The third kappa shape index (κ3) is 6.62. The summed E-state index contributed by atoms with van der Waals surface area (Å²) in [6.07, 6.45) is 0. The van der Waals surface area contributed by atoms with Crippen LogP contribution in [0.1, 0.15) is 31.1 Å². The number of amides is 2. The van der Waals surface area contributed by atoms with Crippen molar-refractivity contribution in [2.45, 2.75) is 26.8 Å². The van der Waals surface area contributed by atoms with Crippen molar-refractivity contribution in [1.29, 1.82) is 0 Å². The Kier molecular flexibility index (Phi) is 8.77. The predicted molar refractivity (Wildman–Crippen MR) is 97.2 cm³/mol. The maximum absolute atomic E-state index is 12.6. The van der Waals surface area contributed by atoms with Gasteiger partial charge < -0.3 is 25.4 Å². The first-order valence-electron chi connectivity index (χ1n) is 8.45. The summed E-state index contributed by atoms with van der Waals surface area (Å²) in [7, 11) is 3.04. The molecule has 0 saturated carbocycles. The first kappa shape index (κ1) is 20.8. The van der Waals surface area contributed by atoms with Crippen molar-refractivity contribution in [3.8, 4) is 11.5 Å². The largest absolute Gasteiger partial charge is 0.497 e. The Morgan fingerprint density at radius 3 is 2.12 bits per heavy atom. The summed E-state index contributed by atoms with van der Waals surface area (Å²) >= 11 is 0. The molecule has 0 radical (unpaired) electrons.